The average molecular weight is 499 g/mol. The van der Waals surface area contributed by atoms with Crippen LogP contribution in [0.5, 0.6) is 5.75 Å². The lowest BCUT2D eigenvalue weighted by Crippen LogP contribution is -2.38. The number of aromatic nitrogens is 1. The molecule has 6 rings (SSSR count). The molecule has 0 saturated carbocycles. The van der Waals surface area contributed by atoms with Crippen molar-refractivity contribution in [3.63, 3.8) is 0 Å². The average Bonchev–Trinajstić information content (AvgIpc) is 3.47. The Kier molecular flexibility index (Phi) is 6.03. The Bertz CT molecular complexity index is 1380. The van der Waals surface area contributed by atoms with Gasteiger partial charge in [-0.25, -0.2) is 4.79 Å². The van der Waals surface area contributed by atoms with E-state index in [1.54, 1.807) is 0 Å². The maximum atomic E-state index is 14.0. The first-order valence-corrected chi connectivity index (χ1v) is 13.3. The molecule has 184 valence electrons. The number of thiophene rings is 1. The van der Waals surface area contributed by atoms with E-state index < -0.39 is 0 Å². The van der Waals surface area contributed by atoms with Crippen LogP contribution in [0.4, 0.5) is 10.5 Å². The molecule has 0 unspecified atom stereocenters. The molecule has 2 aliphatic rings. The number of anilines is 1. The van der Waals surface area contributed by atoms with E-state index in [9.17, 15) is 4.79 Å². The third-order valence-corrected chi connectivity index (χ3v) is 8.31. The molecule has 1 N–H and O–H groups in total. The number of hydrogen-bond donors (Lipinski definition) is 1. The fourth-order valence-corrected chi connectivity index (χ4v) is 6.78. The summed E-state index contributed by atoms with van der Waals surface area (Å²) in [4.78, 5) is 19.8. The Morgan fingerprint density at radius 2 is 1.83 bits per heavy atom. The summed E-state index contributed by atoms with van der Waals surface area (Å²) in [6.45, 7) is 5.14. The summed E-state index contributed by atoms with van der Waals surface area (Å²) in [5.41, 5.74) is 5.65. The Labute approximate surface area is 215 Å². The predicted octanol–water partition coefficient (Wildman–Crippen LogP) is 6.06. The van der Waals surface area contributed by atoms with Crippen LogP contribution in [0.1, 0.15) is 40.2 Å². The molecule has 2 amide bonds. The van der Waals surface area contributed by atoms with Crippen molar-refractivity contribution in [2.75, 3.05) is 25.5 Å². The van der Waals surface area contributed by atoms with Crippen LogP contribution in [0.2, 0.25) is 0 Å². The van der Waals surface area contributed by atoms with Crippen LogP contribution in [-0.4, -0.2) is 40.6 Å². The van der Waals surface area contributed by atoms with E-state index >= 15 is 0 Å². The largest absolute Gasteiger partial charge is 0.494 e. The Hall–Kier alpha value is -3.55. The number of fused-ring (bicyclic) bond motifs is 5. The number of hydrogen-bond acceptors (Lipinski definition) is 4. The minimum atomic E-state index is -0.203. The van der Waals surface area contributed by atoms with Gasteiger partial charge in [0, 0.05) is 35.4 Å². The summed E-state index contributed by atoms with van der Waals surface area (Å²) >= 11 is 1.87. The number of nitrogens with zero attached hydrogens (tertiary/aromatic N) is 3. The molecule has 4 aromatic rings. The van der Waals surface area contributed by atoms with Crippen LogP contribution >= 0.6 is 11.3 Å². The molecule has 7 heteroatoms. The van der Waals surface area contributed by atoms with Crippen molar-refractivity contribution in [3.8, 4) is 10.8 Å². The highest BCUT2D eigenvalue weighted by molar-refractivity contribution is 7.15. The molecule has 1 atom stereocenters. The zero-order chi connectivity index (χ0) is 24.6. The van der Waals surface area contributed by atoms with Gasteiger partial charge in [0.25, 0.3) is 0 Å². The lowest BCUT2D eigenvalue weighted by Gasteiger charge is -2.32. The lowest BCUT2D eigenvalue weighted by atomic mass is 10.0. The molecule has 0 aliphatic carbocycles. The molecule has 2 aromatic heterocycles. The monoisotopic (exact) mass is 498 g/mol. The van der Waals surface area contributed by atoms with Gasteiger partial charge in [0.15, 0.2) is 0 Å². The smallest absolute Gasteiger partial charge is 0.322 e. The Balaban J connectivity index is 1.43. The second kappa shape index (κ2) is 9.48. The number of carbonyl (C=O) groups excluding carboxylic acids is 1. The number of ether oxygens (including phenoxy) is 1. The van der Waals surface area contributed by atoms with E-state index in [-0.39, 0.29) is 12.1 Å². The van der Waals surface area contributed by atoms with Crippen molar-refractivity contribution in [3.05, 3.63) is 100 Å². The summed E-state index contributed by atoms with van der Waals surface area (Å²) in [6, 6.07) is 21.8. The standard InChI is InChI=1S/C29H30N4O2S/c1-3-35-22-13-11-21(12-14-22)30-29(34)33-18-24-23-15-17-31(2)19-26(23)36-28(24)32-16-7-10-25(32)27(33)20-8-5-4-6-9-20/h4-14,16,27H,3,15,17-19H2,1-2H3,(H,30,34)/t27-/m0/s1. The zero-order valence-electron chi connectivity index (χ0n) is 20.6. The fourth-order valence-electron chi connectivity index (χ4n) is 5.33. The maximum Gasteiger partial charge on any atom is 0.322 e. The van der Waals surface area contributed by atoms with Crippen LogP contribution in [0.15, 0.2) is 72.9 Å². The van der Waals surface area contributed by atoms with Crippen LogP contribution in [0.3, 0.4) is 0 Å². The van der Waals surface area contributed by atoms with Gasteiger partial charge >= 0.3 is 6.03 Å². The van der Waals surface area contributed by atoms with Gasteiger partial charge in [-0.05, 0) is 67.9 Å². The second-order valence-corrected chi connectivity index (χ2v) is 10.5. The minimum Gasteiger partial charge on any atom is -0.494 e. The molecule has 36 heavy (non-hydrogen) atoms. The molecule has 0 bridgehead atoms. The Morgan fingerprint density at radius 1 is 1.03 bits per heavy atom. The normalized spacial score (nSPS) is 17.1. The minimum absolute atomic E-state index is 0.110. The molecular formula is C29H30N4O2S. The number of likely N-dealkylation sites (N-methyl/N-ethyl adjacent to an activating group) is 1. The van der Waals surface area contributed by atoms with Gasteiger partial charge in [-0.2, -0.15) is 0 Å². The second-order valence-electron chi connectivity index (χ2n) is 9.41. The SMILES string of the molecule is CCOc1ccc(NC(=O)N2Cc3c(sc4c3CCN(C)C4)-n3cccc3[C@@H]2c2ccccc2)cc1. The van der Waals surface area contributed by atoms with Crippen molar-refractivity contribution in [2.45, 2.75) is 32.5 Å². The first-order valence-electron chi connectivity index (χ1n) is 12.5. The quantitative estimate of drug-likeness (QED) is 0.372. The molecule has 2 aliphatic heterocycles. The van der Waals surface area contributed by atoms with Gasteiger partial charge in [0.2, 0.25) is 0 Å². The number of amides is 2. The number of carbonyl (C=O) groups is 1. The molecule has 2 aromatic carbocycles. The van der Waals surface area contributed by atoms with Crippen molar-refractivity contribution in [1.29, 1.82) is 0 Å². The summed E-state index contributed by atoms with van der Waals surface area (Å²) in [6.07, 6.45) is 3.16. The van der Waals surface area contributed by atoms with Crippen molar-refractivity contribution in [1.82, 2.24) is 14.4 Å². The van der Waals surface area contributed by atoms with E-state index in [0.717, 1.165) is 42.2 Å². The third kappa shape index (κ3) is 4.08. The van der Waals surface area contributed by atoms with Crippen LogP contribution in [0, 0.1) is 0 Å². The number of urea groups is 1. The molecule has 0 saturated heterocycles. The van der Waals surface area contributed by atoms with Gasteiger partial charge in [-0.1, -0.05) is 30.3 Å². The highest BCUT2D eigenvalue weighted by Gasteiger charge is 2.36. The van der Waals surface area contributed by atoms with E-state index in [1.807, 2.05) is 65.6 Å². The lowest BCUT2D eigenvalue weighted by molar-refractivity contribution is 0.194. The van der Waals surface area contributed by atoms with E-state index in [1.165, 1.54) is 21.0 Å². The first-order chi connectivity index (χ1) is 17.6. The van der Waals surface area contributed by atoms with E-state index in [2.05, 4.69) is 52.3 Å². The molecule has 6 nitrogen and oxygen atoms in total. The third-order valence-electron chi connectivity index (χ3n) is 7.05. The highest BCUT2D eigenvalue weighted by Crippen LogP contribution is 2.43. The predicted molar refractivity (Wildman–Crippen MR) is 144 cm³/mol. The highest BCUT2D eigenvalue weighted by atomic mass is 32.1. The summed E-state index contributed by atoms with van der Waals surface area (Å²) in [5.74, 6) is 0.796. The summed E-state index contributed by atoms with van der Waals surface area (Å²) < 4.78 is 7.87. The number of benzene rings is 2. The van der Waals surface area contributed by atoms with E-state index in [0.29, 0.717) is 13.2 Å². The van der Waals surface area contributed by atoms with Crippen LogP contribution in [0.25, 0.3) is 5.00 Å². The van der Waals surface area contributed by atoms with Crippen molar-refractivity contribution >= 4 is 23.1 Å². The van der Waals surface area contributed by atoms with Crippen LogP contribution in [-0.2, 0) is 19.5 Å². The van der Waals surface area contributed by atoms with Crippen LogP contribution < -0.4 is 10.1 Å². The Morgan fingerprint density at radius 3 is 2.61 bits per heavy atom. The summed E-state index contributed by atoms with van der Waals surface area (Å²) in [7, 11) is 2.18. The molecule has 0 fully saturated rings. The molecule has 0 radical (unpaired) electrons. The number of nitrogens with one attached hydrogen (secondary N) is 1. The van der Waals surface area contributed by atoms with Gasteiger partial charge in [-0.3, -0.25) is 0 Å². The van der Waals surface area contributed by atoms with Crippen molar-refractivity contribution < 1.29 is 9.53 Å². The van der Waals surface area contributed by atoms with Gasteiger partial charge < -0.3 is 24.4 Å². The maximum absolute atomic E-state index is 14.0. The van der Waals surface area contributed by atoms with Gasteiger partial charge in [0.05, 0.1) is 24.9 Å². The number of rotatable bonds is 4. The molecular weight excluding hydrogens is 468 g/mol. The fraction of sp³-hybridized carbons (Fsp3) is 0.276. The summed E-state index contributed by atoms with van der Waals surface area (Å²) in [5, 5.41) is 4.40. The first kappa shape index (κ1) is 22.9. The van der Waals surface area contributed by atoms with E-state index in [4.69, 9.17) is 4.74 Å². The van der Waals surface area contributed by atoms with Gasteiger partial charge in [0.1, 0.15) is 10.8 Å². The van der Waals surface area contributed by atoms with Crippen molar-refractivity contribution in [2.24, 2.45) is 0 Å². The zero-order valence-corrected chi connectivity index (χ0v) is 21.4. The molecule has 0 spiro atoms. The van der Waals surface area contributed by atoms with Gasteiger partial charge in [-0.15, -0.1) is 11.3 Å². The molecule has 4 heterocycles. The topological polar surface area (TPSA) is 49.7 Å².